The van der Waals surface area contributed by atoms with Gasteiger partial charge in [0.15, 0.2) is 16.6 Å². The first-order chi connectivity index (χ1) is 14.9. The monoisotopic (exact) mass is 461 g/mol. The quantitative estimate of drug-likeness (QED) is 0.556. The van der Waals surface area contributed by atoms with E-state index in [1.165, 1.54) is 19.2 Å². The van der Waals surface area contributed by atoms with Crippen molar-refractivity contribution in [1.82, 2.24) is 4.98 Å². The molecule has 0 saturated heterocycles. The molecule has 4 rings (SSSR count). The number of aromatic nitrogens is 1. The summed E-state index contributed by atoms with van der Waals surface area (Å²) in [6.07, 6.45) is -0.00476. The van der Waals surface area contributed by atoms with Crippen molar-refractivity contribution in [2.45, 2.75) is 11.3 Å². The average Bonchev–Trinajstić information content (AvgIpc) is 3.19. The van der Waals surface area contributed by atoms with Crippen LogP contribution in [0, 0.1) is 0 Å². The van der Waals surface area contributed by atoms with E-state index in [2.05, 4.69) is 15.0 Å². The fourth-order valence-corrected chi connectivity index (χ4v) is 4.82. The van der Waals surface area contributed by atoms with E-state index in [-0.39, 0.29) is 22.4 Å². The molecule has 0 bridgehead atoms. The van der Waals surface area contributed by atoms with Gasteiger partial charge in [0.2, 0.25) is 5.91 Å². The van der Waals surface area contributed by atoms with Gasteiger partial charge in [-0.3, -0.25) is 9.52 Å². The molecule has 0 fully saturated rings. The molecule has 2 N–H and O–H groups in total. The summed E-state index contributed by atoms with van der Waals surface area (Å²) < 4.78 is 43.4. The Morgan fingerprint density at radius 1 is 1.13 bits per heavy atom. The van der Waals surface area contributed by atoms with Crippen molar-refractivity contribution < 1.29 is 27.4 Å². The van der Waals surface area contributed by atoms with Crippen LogP contribution in [0.3, 0.4) is 0 Å². The van der Waals surface area contributed by atoms with Gasteiger partial charge in [0.05, 0.1) is 24.1 Å². The van der Waals surface area contributed by atoms with Crippen LogP contribution in [0.15, 0.2) is 52.7 Å². The van der Waals surface area contributed by atoms with Crippen molar-refractivity contribution in [3.05, 3.63) is 53.5 Å². The number of ether oxygens (including phenoxy) is 3. The fourth-order valence-electron chi connectivity index (χ4n) is 2.85. The zero-order chi connectivity index (χ0) is 21.8. The van der Waals surface area contributed by atoms with Crippen molar-refractivity contribution in [2.24, 2.45) is 0 Å². The highest BCUT2D eigenvalue weighted by molar-refractivity contribution is 7.93. The molecule has 1 aromatic heterocycles. The van der Waals surface area contributed by atoms with Gasteiger partial charge in [-0.1, -0.05) is 0 Å². The standard InChI is InChI=1S/C20H19N3O6S2/c1-27-15-3-5-16(6-4-15)31(25,26)23-20-22-14(12-30-20)11-19(24)21-13-2-7-17-18(10-13)29-9-8-28-17/h2-7,10,12H,8-9,11H2,1H3,(H,21,24)(H,22,23). The van der Waals surface area contributed by atoms with Gasteiger partial charge in [0.25, 0.3) is 10.0 Å². The molecule has 0 unspecified atom stereocenters. The predicted molar refractivity (Wildman–Crippen MR) is 116 cm³/mol. The van der Waals surface area contributed by atoms with E-state index in [1.54, 1.807) is 35.7 Å². The summed E-state index contributed by atoms with van der Waals surface area (Å²) in [5.41, 5.74) is 1.03. The molecule has 0 radical (unpaired) electrons. The van der Waals surface area contributed by atoms with Crippen LogP contribution < -0.4 is 24.2 Å². The molecule has 0 saturated carbocycles. The van der Waals surface area contributed by atoms with Gasteiger partial charge in [-0.15, -0.1) is 11.3 Å². The number of sulfonamides is 1. The van der Waals surface area contributed by atoms with E-state index in [4.69, 9.17) is 14.2 Å². The summed E-state index contributed by atoms with van der Waals surface area (Å²) >= 11 is 1.10. The van der Waals surface area contributed by atoms with Crippen LogP contribution in [-0.2, 0) is 21.2 Å². The van der Waals surface area contributed by atoms with Crippen LogP contribution in [0.25, 0.3) is 0 Å². The lowest BCUT2D eigenvalue weighted by Gasteiger charge is -2.18. The van der Waals surface area contributed by atoms with E-state index in [9.17, 15) is 13.2 Å². The van der Waals surface area contributed by atoms with Gasteiger partial charge >= 0.3 is 0 Å². The number of nitrogens with one attached hydrogen (secondary N) is 2. The second kappa shape index (κ2) is 8.82. The first-order valence-electron chi connectivity index (χ1n) is 9.24. The number of hydrogen-bond donors (Lipinski definition) is 2. The van der Waals surface area contributed by atoms with Crippen LogP contribution in [0.4, 0.5) is 10.8 Å². The minimum Gasteiger partial charge on any atom is -0.497 e. The Kier molecular flexibility index (Phi) is 5.96. The number of nitrogens with zero attached hydrogens (tertiary/aromatic N) is 1. The summed E-state index contributed by atoms with van der Waals surface area (Å²) in [6, 6.07) is 11.2. The number of rotatable bonds is 7. The maximum absolute atomic E-state index is 12.5. The third-order valence-electron chi connectivity index (χ3n) is 4.31. The van der Waals surface area contributed by atoms with E-state index in [0.717, 1.165) is 11.3 Å². The van der Waals surface area contributed by atoms with E-state index >= 15 is 0 Å². The zero-order valence-corrected chi connectivity index (χ0v) is 18.1. The van der Waals surface area contributed by atoms with Gasteiger partial charge in [-0.2, -0.15) is 0 Å². The van der Waals surface area contributed by atoms with Crippen LogP contribution >= 0.6 is 11.3 Å². The van der Waals surface area contributed by atoms with Crippen molar-refractivity contribution in [1.29, 1.82) is 0 Å². The topological polar surface area (TPSA) is 116 Å². The normalized spacial score (nSPS) is 12.8. The maximum atomic E-state index is 12.5. The third kappa shape index (κ3) is 5.06. The summed E-state index contributed by atoms with van der Waals surface area (Å²) in [4.78, 5) is 16.6. The molecule has 2 aromatic carbocycles. The van der Waals surface area contributed by atoms with Crippen molar-refractivity contribution in [3.8, 4) is 17.2 Å². The molecule has 1 aliphatic rings. The summed E-state index contributed by atoms with van der Waals surface area (Å²) in [5, 5.41) is 4.59. The molecule has 3 aromatic rings. The predicted octanol–water partition coefficient (Wildman–Crippen LogP) is 2.90. The lowest BCUT2D eigenvalue weighted by Crippen LogP contribution is -2.17. The smallest absolute Gasteiger partial charge is 0.263 e. The van der Waals surface area contributed by atoms with E-state index in [1.807, 2.05) is 0 Å². The molecule has 9 nitrogen and oxygen atoms in total. The minimum absolute atomic E-state index is 0.00476. The number of benzene rings is 2. The highest BCUT2D eigenvalue weighted by atomic mass is 32.2. The Bertz CT molecular complexity index is 1190. The highest BCUT2D eigenvalue weighted by Crippen LogP contribution is 2.32. The van der Waals surface area contributed by atoms with Crippen LogP contribution in [0.1, 0.15) is 5.69 Å². The highest BCUT2D eigenvalue weighted by Gasteiger charge is 2.18. The number of amides is 1. The first-order valence-corrected chi connectivity index (χ1v) is 11.6. The molecule has 0 spiro atoms. The third-order valence-corrected chi connectivity index (χ3v) is 6.60. The Labute approximate surface area is 183 Å². The molecule has 0 atom stereocenters. The number of anilines is 2. The van der Waals surface area contributed by atoms with Gasteiger partial charge in [0.1, 0.15) is 19.0 Å². The van der Waals surface area contributed by atoms with E-state index < -0.39 is 10.0 Å². The van der Waals surface area contributed by atoms with Gasteiger partial charge < -0.3 is 19.5 Å². The number of methoxy groups -OCH3 is 1. The van der Waals surface area contributed by atoms with Crippen LogP contribution in [0.5, 0.6) is 17.2 Å². The van der Waals surface area contributed by atoms with Crippen LogP contribution in [0.2, 0.25) is 0 Å². The average molecular weight is 462 g/mol. The summed E-state index contributed by atoms with van der Waals surface area (Å²) in [6.45, 7) is 0.950. The molecule has 162 valence electrons. The maximum Gasteiger partial charge on any atom is 0.263 e. The largest absolute Gasteiger partial charge is 0.497 e. The Hall–Kier alpha value is -3.31. The number of carbonyl (C=O) groups is 1. The zero-order valence-electron chi connectivity index (χ0n) is 16.5. The Balaban J connectivity index is 1.37. The summed E-state index contributed by atoms with van der Waals surface area (Å²) in [7, 11) is -2.29. The molecule has 2 heterocycles. The lowest BCUT2D eigenvalue weighted by atomic mass is 10.2. The second-order valence-electron chi connectivity index (χ2n) is 6.51. The Morgan fingerprint density at radius 2 is 1.87 bits per heavy atom. The lowest BCUT2D eigenvalue weighted by molar-refractivity contribution is -0.115. The second-order valence-corrected chi connectivity index (χ2v) is 9.05. The fraction of sp³-hybridized carbons (Fsp3) is 0.200. The molecule has 11 heteroatoms. The van der Waals surface area contributed by atoms with Gasteiger partial charge in [-0.05, 0) is 36.4 Å². The Morgan fingerprint density at radius 3 is 2.61 bits per heavy atom. The molecule has 1 aliphatic heterocycles. The SMILES string of the molecule is COc1ccc(S(=O)(=O)Nc2nc(CC(=O)Nc3ccc4c(c3)OCCO4)cs2)cc1. The number of carbonyl (C=O) groups excluding carboxylic acids is 1. The molecule has 0 aliphatic carbocycles. The van der Waals surface area contributed by atoms with Crippen LogP contribution in [-0.4, -0.2) is 39.6 Å². The van der Waals surface area contributed by atoms with Gasteiger partial charge in [-0.25, -0.2) is 13.4 Å². The summed E-state index contributed by atoms with van der Waals surface area (Å²) in [5.74, 6) is 1.48. The molecule has 1 amide bonds. The minimum atomic E-state index is -3.79. The van der Waals surface area contributed by atoms with E-state index in [0.29, 0.717) is 41.8 Å². The number of thiazole rings is 1. The first kappa shape index (κ1) is 20.9. The molecular weight excluding hydrogens is 442 g/mol. The van der Waals surface area contributed by atoms with Crippen molar-refractivity contribution >= 4 is 38.1 Å². The van der Waals surface area contributed by atoms with Crippen molar-refractivity contribution in [2.75, 3.05) is 30.4 Å². The number of hydrogen-bond acceptors (Lipinski definition) is 8. The molecular formula is C20H19N3O6S2. The number of fused-ring (bicyclic) bond motifs is 1. The van der Waals surface area contributed by atoms with Gasteiger partial charge in [0, 0.05) is 17.1 Å². The van der Waals surface area contributed by atoms with Crippen molar-refractivity contribution in [3.63, 3.8) is 0 Å². The molecule has 31 heavy (non-hydrogen) atoms.